The summed E-state index contributed by atoms with van der Waals surface area (Å²) < 4.78 is 0. The highest BCUT2D eigenvalue weighted by atomic mass is 15.2. The second-order valence-electron chi connectivity index (χ2n) is 4.85. The van der Waals surface area contributed by atoms with Crippen LogP contribution in [0.15, 0.2) is 24.5 Å². The summed E-state index contributed by atoms with van der Waals surface area (Å²) in [7, 11) is 0. The molecule has 1 aliphatic heterocycles. The number of aryl methyl sites for hydroxylation is 1. The Kier molecular flexibility index (Phi) is 3.77. The molecular weight excluding hydrogens is 210 g/mol. The first-order chi connectivity index (χ1) is 8.20. The van der Waals surface area contributed by atoms with Gasteiger partial charge in [0.25, 0.3) is 0 Å². The van der Waals surface area contributed by atoms with Crippen LogP contribution in [0.25, 0.3) is 0 Å². The van der Waals surface area contributed by atoms with E-state index in [-0.39, 0.29) is 0 Å². The molecule has 3 heteroatoms. The van der Waals surface area contributed by atoms with E-state index in [9.17, 15) is 0 Å². The Morgan fingerprint density at radius 1 is 1.35 bits per heavy atom. The van der Waals surface area contributed by atoms with Gasteiger partial charge in [-0.1, -0.05) is 19.1 Å². The topological polar surface area (TPSA) is 29.0 Å². The number of hydrogen-bond donors (Lipinski definition) is 0. The SMILES string of the molecule is C=C(C)C1CCN(c2ncc(CC)cn2)CC1. The van der Waals surface area contributed by atoms with Crippen molar-refractivity contribution in [2.75, 3.05) is 18.0 Å². The third kappa shape index (κ3) is 2.84. The lowest BCUT2D eigenvalue weighted by atomic mass is 9.91. The average Bonchev–Trinajstić information content (AvgIpc) is 2.39. The van der Waals surface area contributed by atoms with Crippen LogP contribution in [0, 0.1) is 5.92 Å². The fourth-order valence-corrected chi connectivity index (χ4v) is 2.27. The van der Waals surface area contributed by atoms with Crippen molar-refractivity contribution in [1.29, 1.82) is 0 Å². The summed E-state index contributed by atoms with van der Waals surface area (Å²) in [5.74, 6) is 1.56. The minimum Gasteiger partial charge on any atom is -0.341 e. The summed E-state index contributed by atoms with van der Waals surface area (Å²) in [6.07, 6.45) is 7.22. The number of anilines is 1. The second kappa shape index (κ2) is 5.30. The number of hydrogen-bond acceptors (Lipinski definition) is 3. The first kappa shape index (κ1) is 12.1. The maximum absolute atomic E-state index is 4.44. The fourth-order valence-electron chi connectivity index (χ4n) is 2.27. The number of piperidine rings is 1. The largest absolute Gasteiger partial charge is 0.341 e. The van der Waals surface area contributed by atoms with Gasteiger partial charge in [0, 0.05) is 25.5 Å². The Hall–Kier alpha value is -1.38. The number of allylic oxidation sites excluding steroid dienone is 1. The number of rotatable bonds is 3. The molecule has 0 radical (unpaired) electrons. The molecule has 2 heterocycles. The van der Waals surface area contributed by atoms with Gasteiger partial charge >= 0.3 is 0 Å². The van der Waals surface area contributed by atoms with Crippen molar-refractivity contribution in [1.82, 2.24) is 9.97 Å². The molecular formula is C14H21N3. The highest BCUT2D eigenvalue weighted by Gasteiger charge is 2.20. The molecule has 1 fully saturated rings. The molecule has 0 saturated carbocycles. The monoisotopic (exact) mass is 231 g/mol. The Morgan fingerprint density at radius 3 is 2.41 bits per heavy atom. The summed E-state index contributed by atoms with van der Waals surface area (Å²) in [4.78, 5) is 11.1. The lowest BCUT2D eigenvalue weighted by molar-refractivity contribution is 0.455. The van der Waals surface area contributed by atoms with Crippen molar-refractivity contribution >= 4 is 5.95 Å². The van der Waals surface area contributed by atoms with Crippen molar-refractivity contribution < 1.29 is 0 Å². The van der Waals surface area contributed by atoms with Crippen LogP contribution in [0.2, 0.25) is 0 Å². The van der Waals surface area contributed by atoms with E-state index in [1.165, 1.54) is 24.0 Å². The van der Waals surface area contributed by atoms with Crippen LogP contribution in [0.4, 0.5) is 5.95 Å². The summed E-state index contributed by atoms with van der Waals surface area (Å²) in [5, 5.41) is 0. The molecule has 0 spiro atoms. The molecule has 1 saturated heterocycles. The smallest absolute Gasteiger partial charge is 0.225 e. The Morgan fingerprint density at radius 2 is 1.94 bits per heavy atom. The van der Waals surface area contributed by atoms with E-state index in [0.29, 0.717) is 5.92 Å². The molecule has 1 aliphatic rings. The lowest BCUT2D eigenvalue weighted by Gasteiger charge is -2.32. The molecule has 1 aromatic heterocycles. The zero-order valence-electron chi connectivity index (χ0n) is 10.8. The molecule has 17 heavy (non-hydrogen) atoms. The van der Waals surface area contributed by atoms with Crippen LogP contribution in [0.1, 0.15) is 32.3 Å². The van der Waals surface area contributed by atoms with Crippen molar-refractivity contribution in [3.8, 4) is 0 Å². The van der Waals surface area contributed by atoms with E-state index in [4.69, 9.17) is 0 Å². The summed E-state index contributed by atoms with van der Waals surface area (Å²) >= 11 is 0. The van der Waals surface area contributed by atoms with Gasteiger partial charge in [-0.15, -0.1) is 0 Å². The van der Waals surface area contributed by atoms with E-state index in [1.54, 1.807) is 0 Å². The first-order valence-corrected chi connectivity index (χ1v) is 6.42. The van der Waals surface area contributed by atoms with Crippen molar-refractivity contribution in [2.45, 2.75) is 33.1 Å². The molecule has 0 amide bonds. The average molecular weight is 231 g/mol. The number of aromatic nitrogens is 2. The Bertz CT molecular complexity index is 375. The molecule has 0 aromatic carbocycles. The van der Waals surface area contributed by atoms with E-state index in [0.717, 1.165) is 25.5 Å². The van der Waals surface area contributed by atoms with Crippen LogP contribution in [-0.2, 0) is 6.42 Å². The van der Waals surface area contributed by atoms with Gasteiger partial charge in [0.15, 0.2) is 0 Å². The highest BCUT2D eigenvalue weighted by Crippen LogP contribution is 2.24. The van der Waals surface area contributed by atoms with Gasteiger partial charge < -0.3 is 4.90 Å². The molecule has 2 rings (SSSR count). The third-order valence-corrected chi connectivity index (χ3v) is 3.57. The molecule has 0 atom stereocenters. The maximum Gasteiger partial charge on any atom is 0.225 e. The standard InChI is InChI=1S/C14H21N3/c1-4-12-9-15-14(16-10-12)17-7-5-13(6-8-17)11(2)3/h9-10,13H,2,4-8H2,1,3H3. The normalized spacial score (nSPS) is 17.2. The van der Waals surface area contributed by atoms with Crippen molar-refractivity contribution in [3.63, 3.8) is 0 Å². The van der Waals surface area contributed by atoms with E-state index in [2.05, 4.69) is 35.3 Å². The minimum absolute atomic E-state index is 0.682. The molecule has 92 valence electrons. The van der Waals surface area contributed by atoms with Gasteiger partial charge in [0.05, 0.1) is 0 Å². The van der Waals surface area contributed by atoms with Crippen LogP contribution in [0.3, 0.4) is 0 Å². The van der Waals surface area contributed by atoms with Crippen LogP contribution in [-0.4, -0.2) is 23.1 Å². The Labute approximate surface area is 104 Å². The van der Waals surface area contributed by atoms with Crippen LogP contribution >= 0.6 is 0 Å². The minimum atomic E-state index is 0.682. The van der Waals surface area contributed by atoms with Crippen molar-refractivity contribution in [2.24, 2.45) is 5.92 Å². The van der Waals surface area contributed by atoms with E-state index >= 15 is 0 Å². The molecule has 0 unspecified atom stereocenters. The highest BCUT2D eigenvalue weighted by molar-refractivity contribution is 5.31. The molecule has 3 nitrogen and oxygen atoms in total. The summed E-state index contributed by atoms with van der Waals surface area (Å²) in [6.45, 7) is 10.4. The predicted octanol–water partition coefficient (Wildman–Crippen LogP) is 2.83. The van der Waals surface area contributed by atoms with Crippen LogP contribution < -0.4 is 4.90 Å². The lowest BCUT2D eigenvalue weighted by Crippen LogP contribution is -2.35. The summed E-state index contributed by atoms with van der Waals surface area (Å²) in [6, 6.07) is 0. The zero-order valence-corrected chi connectivity index (χ0v) is 10.8. The van der Waals surface area contributed by atoms with Gasteiger partial charge in [-0.3, -0.25) is 0 Å². The van der Waals surface area contributed by atoms with Crippen LogP contribution in [0.5, 0.6) is 0 Å². The molecule has 0 bridgehead atoms. The molecule has 0 N–H and O–H groups in total. The van der Waals surface area contributed by atoms with E-state index < -0.39 is 0 Å². The molecule has 0 aliphatic carbocycles. The fraction of sp³-hybridized carbons (Fsp3) is 0.571. The summed E-state index contributed by atoms with van der Waals surface area (Å²) in [5.41, 5.74) is 2.51. The zero-order chi connectivity index (χ0) is 12.3. The van der Waals surface area contributed by atoms with Crippen molar-refractivity contribution in [3.05, 3.63) is 30.1 Å². The Balaban J connectivity index is 1.97. The van der Waals surface area contributed by atoms with Gasteiger partial charge in [-0.25, -0.2) is 9.97 Å². The molecule has 1 aromatic rings. The quantitative estimate of drug-likeness (QED) is 0.749. The van der Waals surface area contributed by atoms with Gasteiger partial charge in [-0.05, 0) is 37.7 Å². The number of nitrogens with zero attached hydrogens (tertiary/aromatic N) is 3. The second-order valence-corrected chi connectivity index (χ2v) is 4.85. The maximum atomic E-state index is 4.44. The van der Waals surface area contributed by atoms with E-state index in [1.807, 2.05) is 12.4 Å². The van der Waals surface area contributed by atoms with Gasteiger partial charge in [0.1, 0.15) is 0 Å². The van der Waals surface area contributed by atoms with Gasteiger partial charge in [0.2, 0.25) is 5.95 Å². The third-order valence-electron chi connectivity index (χ3n) is 3.57. The van der Waals surface area contributed by atoms with Gasteiger partial charge in [-0.2, -0.15) is 0 Å². The predicted molar refractivity (Wildman–Crippen MR) is 71.2 cm³/mol. The first-order valence-electron chi connectivity index (χ1n) is 6.42.